The maximum Gasteiger partial charge on any atom is 0.220 e. The van der Waals surface area contributed by atoms with Crippen molar-refractivity contribution in [3.8, 4) is 0 Å². The Hall–Kier alpha value is -1.46. The minimum Gasteiger partial charge on any atom is -0.352 e. The molecule has 1 aromatic carbocycles. The molecular formula is C16H21N3OS. The predicted molar refractivity (Wildman–Crippen MR) is 86.6 cm³/mol. The maximum atomic E-state index is 11.8. The van der Waals surface area contributed by atoms with Gasteiger partial charge in [0.1, 0.15) is 0 Å². The molecule has 0 saturated carbocycles. The Morgan fingerprint density at radius 2 is 2.29 bits per heavy atom. The van der Waals surface area contributed by atoms with Crippen LogP contribution in [0.15, 0.2) is 24.3 Å². The molecule has 112 valence electrons. The third-order valence-electron chi connectivity index (χ3n) is 3.81. The van der Waals surface area contributed by atoms with E-state index in [9.17, 15) is 4.79 Å². The number of carbonyl (C=O) groups excluding carboxylic acids is 1. The zero-order valence-corrected chi connectivity index (χ0v) is 12.9. The molecule has 1 atom stereocenters. The Labute approximate surface area is 129 Å². The second kappa shape index (κ2) is 7.00. The van der Waals surface area contributed by atoms with E-state index in [0.717, 1.165) is 44.3 Å². The van der Waals surface area contributed by atoms with Crippen LogP contribution in [0.5, 0.6) is 0 Å². The number of aryl methyl sites for hydroxylation is 1. The van der Waals surface area contributed by atoms with Gasteiger partial charge in [0.15, 0.2) is 0 Å². The van der Waals surface area contributed by atoms with Crippen LogP contribution in [-0.4, -0.2) is 30.0 Å². The van der Waals surface area contributed by atoms with Gasteiger partial charge in [0.25, 0.3) is 0 Å². The van der Waals surface area contributed by atoms with E-state index in [1.165, 1.54) is 9.71 Å². The monoisotopic (exact) mass is 303 g/mol. The van der Waals surface area contributed by atoms with Crippen LogP contribution >= 0.6 is 11.3 Å². The highest BCUT2D eigenvalue weighted by molar-refractivity contribution is 7.18. The smallest absolute Gasteiger partial charge is 0.220 e. The van der Waals surface area contributed by atoms with Gasteiger partial charge in [-0.3, -0.25) is 4.79 Å². The third kappa shape index (κ3) is 4.02. The Kier molecular flexibility index (Phi) is 4.83. The van der Waals surface area contributed by atoms with Crippen molar-refractivity contribution in [1.82, 2.24) is 15.6 Å². The van der Waals surface area contributed by atoms with E-state index in [0.29, 0.717) is 12.5 Å². The fourth-order valence-electron chi connectivity index (χ4n) is 2.67. The van der Waals surface area contributed by atoms with E-state index in [1.807, 2.05) is 12.1 Å². The first-order valence-corrected chi connectivity index (χ1v) is 8.47. The van der Waals surface area contributed by atoms with Crippen LogP contribution in [0.2, 0.25) is 0 Å². The summed E-state index contributed by atoms with van der Waals surface area (Å²) in [6, 6.07) is 8.57. The SMILES string of the molecule is O=C(CCCCc1nc2ccccc2s1)NC1CCNC1. The molecule has 2 aromatic rings. The number of hydrogen-bond acceptors (Lipinski definition) is 4. The quantitative estimate of drug-likeness (QED) is 0.806. The number of nitrogens with zero attached hydrogens (tertiary/aromatic N) is 1. The molecule has 21 heavy (non-hydrogen) atoms. The fraction of sp³-hybridized carbons (Fsp3) is 0.500. The zero-order valence-electron chi connectivity index (χ0n) is 12.1. The van der Waals surface area contributed by atoms with Crippen molar-refractivity contribution in [3.05, 3.63) is 29.3 Å². The van der Waals surface area contributed by atoms with Crippen molar-refractivity contribution >= 4 is 27.5 Å². The summed E-state index contributed by atoms with van der Waals surface area (Å²) in [4.78, 5) is 16.4. The van der Waals surface area contributed by atoms with Gasteiger partial charge >= 0.3 is 0 Å². The summed E-state index contributed by atoms with van der Waals surface area (Å²) in [7, 11) is 0. The first-order chi connectivity index (χ1) is 10.3. The number of fused-ring (bicyclic) bond motifs is 1. The van der Waals surface area contributed by atoms with Crippen molar-refractivity contribution in [3.63, 3.8) is 0 Å². The topological polar surface area (TPSA) is 54.0 Å². The zero-order chi connectivity index (χ0) is 14.5. The Morgan fingerprint density at radius 1 is 1.38 bits per heavy atom. The van der Waals surface area contributed by atoms with Gasteiger partial charge in [-0.25, -0.2) is 4.98 Å². The standard InChI is InChI=1S/C16H21N3OS/c20-15(18-12-9-10-17-11-12)7-3-4-8-16-19-13-5-1-2-6-14(13)21-16/h1-2,5-6,12,17H,3-4,7-11H2,(H,18,20). The van der Waals surface area contributed by atoms with Crippen molar-refractivity contribution < 1.29 is 4.79 Å². The van der Waals surface area contributed by atoms with Gasteiger partial charge in [0.2, 0.25) is 5.91 Å². The van der Waals surface area contributed by atoms with Crippen molar-refractivity contribution in [2.24, 2.45) is 0 Å². The lowest BCUT2D eigenvalue weighted by Crippen LogP contribution is -2.36. The lowest BCUT2D eigenvalue weighted by atomic mass is 10.2. The van der Waals surface area contributed by atoms with Crippen molar-refractivity contribution in [1.29, 1.82) is 0 Å². The minimum atomic E-state index is 0.188. The number of nitrogens with one attached hydrogen (secondary N) is 2. The average Bonchev–Trinajstić information content (AvgIpc) is 3.12. The highest BCUT2D eigenvalue weighted by Gasteiger charge is 2.16. The largest absolute Gasteiger partial charge is 0.352 e. The molecule has 3 rings (SSSR count). The number of para-hydroxylation sites is 1. The number of hydrogen-bond donors (Lipinski definition) is 2. The number of unbranched alkanes of at least 4 members (excludes halogenated alkanes) is 1. The molecule has 1 unspecified atom stereocenters. The minimum absolute atomic E-state index is 0.188. The van der Waals surface area contributed by atoms with Crippen LogP contribution in [0.4, 0.5) is 0 Å². The molecule has 0 bridgehead atoms. The molecule has 0 spiro atoms. The fourth-order valence-corrected chi connectivity index (χ4v) is 3.68. The number of thiazole rings is 1. The summed E-state index contributed by atoms with van der Waals surface area (Å²) >= 11 is 1.76. The molecule has 2 N–H and O–H groups in total. The second-order valence-corrected chi connectivity index (χ2v) is 6.65. The summed E-state index contributed by atoms with van der Waals surface area (Å²) in [6.07, 6.45) is 4.61. The van der Waals surface area contributed by atoms with Crippen LogP contribution in [0.1, 0.15) is 30.7 Å². The van der Waals surface area contributed by atoms with Crippen LogP contribution in [0.3, 0.4) is 0 Å². The number of carbonyl (C=O) groups is 1. The average molecular weight is 303 g/mol. The van der Waals surface area contributed by atoms with E-state index >= 15 is 0 Å². The van der Waals surface area contributed by atoms with Crippen LogP contribution in [-0.2, 0) is 11.2 Å². The summed E-state index contributed by atoms with van der Waals surface area (Å²) in [5, 5.41) is 7.52. The third-order valence-corrected chi connectivity index (χ3v) is 4.90. The Morgan fingerprint density at radius 3 is 3.10 bits per heavy atom. The highest BCUT2D eigenvalue weighted by atomic mass is 32.1. The first-order valence-electron chi connectivity index (χ1n) is 7.66. The van der Waals surface area contributed by atoms with E-state index in [4.69, 9.17) is 0 Å². The number of amides is 1. The van der Waals surface area contributed by atoms with Crippen molar-refractivity contribution in [2.75, 3.05) is 13.1 Å². The van der Waals surface area contributed by atoms with Gasteiger partial charge in [0, 0.05) is 19.0 Å². The van der Waals surface area contributed by atoms with Crippen molar-refractivity contribution in [2.45, 2.75) is 38.1 Å². The maximum absolute atomic E-state index is 11.8. The molecule has 1 aromatic heterocycles. The molecule has 1 aliphatic rings. The molecule has 5 heteroatoms. The Balaban J connectivity index is 1.38. The molecule has 1 aliphatic heterocycles. The summed E-state index contributed by atoms with van der Waals surface area (Å²) in [5.74, 6) is 0.188. The number of aromatic nitrogens is 1. The molecule has 4 nitrogen and oxygen atoms in total. The van der Waals surface area contributed by atoms with Crippen LogP contribution < -0.4 is 10.6 Å². The van der Waals surface area contributed by atoms with Gasteiger partial charge in [-0.2, -0.15) is 0 Å². The van der Waals surface area contributed by atoms with Gasteiger partial charge < -0.3 is 10.6 Å². The molecule has 1 fully saturated rings. The normalized spacial score (nSPS) is 18.2. The van der Waals surface area contributed by atoms with Gasteiger partial charge in [-0.15, -0.1) is 11.3 Å². The van der Waals surface area contributed by atoms with E-state index in [1.54, 1.807) is 11.3 Å². The van der Waals surface area contributed by atoms with E-state index in [-0.39, 0.29) is 5.91 Å². The molecule has 1 amide bonds. The molecule has 1 saturated heterocycles. The molecule has 0 radical (unpaired) electrons. The van der Waals surface area contributed by atoms with Gasteiger partial charge in [-0.05, 0) is 44.4 Å². The van der Waals surface area contributed by atoms with Gasteiger partial charge in [-0.1, -0.05) is 12.1 Å². The predicted octanol–water partition coefficient (Wildman–Crippen LogP) is 2.49. The van der Waals surface area contributed by atoms with Crippen LogP contribution in [0, 0.1) is 0 Å². The lowest BCUT2D eigenvalue weighted by Gasteiger charge is -2.10. The lowest BCUT2D eigenvalue weighted by molar-refractivity contribution is -0.121. The highest BCUT2D eigenvalue weighted by Crippen LogP contribution is 2.22. The number of rotatable bonds is 6. The Bertz CT molecular complexity index is 571. The van der Waals surface area contributed by atoms with E-state index in [2.05, 4.69) is 27.8 Å². The van der Waals surface area contributed by atoms with Crippen LogP contribution in [0.25, 0.3) is 10.2 Å². The van der Waals surface area contributed by atoms with Gasteiger partial charge in [0.05, 0.1) is 15.2 Å². The summed E-state index contributed by atoms with van der Waals surface area (Å²) in [5.41, 5.74) is 1.09. The molecule has 0 aliphatic carbocycles. The summed E-state index contributed by atoms with van der Waals surface area (Å²) in [6.45, 7) is 1.93. The molecule has 2 heterocycles. The number of benzene rings is 1. The van der Waals surface area contributed by atoms with E-state index < -0.39 is 0 Å². The first kappa shape index (κ1) is 14.5. The second-order valence-electron chi connectivity index (χ2n) is 5.54. The molecular weight excluding hydrogens is 282 g/mol. The summed E-state index contributed by atoms with van der Waals surface area (Å²) < 4.78 is 1.25.